The van der Waals surface area contributed by atoms with E-state index >= 15 is 0 Å². The van der Waals surface area contributed by atoms with Crippen molar-refractivity contribution >= 4 is 57.0 Å². The van der Waals surface area contributed by atoms with E-state index in [1.165, 1.54) is 0 Å². The van der Waals surface area contributed by atoms with Crippen molar-refractivity contribution < 1.29 is 43.3 Å². The molecule has 16 heteroatoms. The summed E-state index contributed by atoms with van der Waals surface area (Å²) in [6, 6.07) is 24.2. The number of imide groups is 2. The van der Waals surface area contributed by atoms with Crippen LogP contribution in [0.1, 0.15) is 73.8 Å². The second-order valence-electron chi connectivity index (χ2n) is 17.2. The number of carboxylic acids is 1. The Balaban J connectivity index is 0.871. The molecule has 5 heterocycles. The molecule has 0 bridgehead atoms. The number of hydrogen-bond donors (Lipinski definition) is 3. The van der Waals surface area contributed by atoms with Crippen LogP contribution in [-0.2, 0) is 38.6 Å². The van der Waals surface area contributed by atoms with Crippen LogP contribution in [0.5, 0.6) is 5.75 Å². The fourth-order valence-corrected chi connectivity index (χ4v) is 9.86. The van der Waals surface area contributed by atoms with Crippen molar-refractivity contribution in [2.24, 2.45) is 0 Å². The normalized spacial score (nSPS) is 16.6. The second kappa shape index (κ2) is 19.9. The molecule has 3 N–H and O–H groups in total. The van der Waals surface area contributed by atoms with Crippen molar-refractivity contribution in [2.45, 2.75) is 65.1 Å². The van der Waals surface area contributed by atoms with Gasteiger partial charge in [0.25, 0.3) is 11.8 Å². The molecule has 0 saturated carbocycles. The Morgan fingerprint density at radius 3 is 2.42 bits per heavy atom. The molecule has 1 atom stereocenters. The van der Waals surface area contributed by atoms with Crippen molar-refractivity contribution in [1.29, 1.82) is 0 Å². The van der Waals surface area contributed by atoms with E-state index in [0.717, 1.165) is 73.5 Å². The lowest BCUT2D eigenvalue weighted by molar-refractivity contribution is -0.136. The minimum atomic E-state index is -1.04. The summed E-state index contributed by atoms with van der Waals surface area (Å²) in [4.78, 5) is 67.5. The molecule has 9 rings (SSSR count). The van der Waals surface area contributed by atoms with E-state index in [2.05, 4.69) is 40.7 Å². The van der Waals surface area contributed by atoms with E-state index in [1.807, 2.05) is 58.6 Å². The summed E-state index contributed by atoms with van der Waals surface area (Å²) in [7, 11) is 0. The number of morpholine rings is 1. The molecule has 348 valence electrons. The molecule has 16 nitrogen and oxygen atoms in total. The first-order valence-corrected chi connectivity index (χ1v) is 23.1. The number of anilines is 1. The largest absolute Gasteiger partial charge is 0.493 e. The lowest BCUT2D eigenvalue weighted by atomic mass is 9.98. The molecule has 0 radical (unpaired) electrons. The Labute approximate surface area is 387 Å². The molecule has 0 aliphatic carbocycles. The summed E-state index contributed by atoms with van der Waals surface area (Å²) in [6.07, 6.45) is 1.97. The van der Waals surface area contributed by atoms with Gasteiger partial charge in [-0.2, -0.15) is 5.10 Å². The minimum absolute atomic E-state index is 0.0518. The summed E-state index contributed by atoms with van der Waals surface area (Å²) in [5.74, 6) is -2.34. The van der Waals surface area contributed by atoms with Crippen molar-refractivity contribution in [3.63, 3.8) is 0 Å². The number of piperidine rings is 1. The number of aryl methyl sites for hydroxylation is 3. The van der Waals surface area contributed by atoms with E-state index < -0.39 is 35.6 Å². The Morgan fingerprint density at radius 2 is 1.60 bits per heavy atom. The van der Waals surface area contributed by atoms with Crippen LogP contribution >= 0.6 is 0 Å². The summed E-state index contributed by atoms with van der Waals surface area (Å²) in [5, 5.41) is 24.4. The van der Waals surface area contributed by atoms with Crippen LogP contribution in [0.25, 0.3) is 32.8 Å². The van der Waals surface area contributed by atoms with Gasteiger partial charge in [-0.05, 0) is 68.7 Å². The predicted molar refractivity (Wildman–Crippen MR) is 252 cm³/mol. The molecular weight excluding hydrogens is 855 g/mol. The summed E-state index contributed by atoms with van der Waals surface area (Å²) < 4.78 is 21.9. The standard InChI is InChI=1S/C51H55N7O9/c1-32-44(33(2)57(54-32)22-9-27-65-29-21-52-40-17-7-15-39-45(40)50(62)58(49(39)61)41-19-20-43(59)53-48(41)60)38-14-6-13-36-37(16-8-28-67-42-18-5-11-34-10-3-4-12-35(34)42)47(51(63)64)56(46(36)38)24-23-55-25-30-66-31-26-55/h3-7,10-15,17-18,41,52H,8-9,16,19-31H2,1-2H3,(H,63,64)(H,53,59,60). The SMILES string of the molecule is Cc1nn(CCCOCCNc2cccc3c2C(=O)N(C2CCC(=O)NC2=O)C3=O)c(C)c1-c1cccc2c(CCCOc3cccc4ccccc34)c(C(=O)O)n(CCN3CCOCC3)c12. The van der Waals surface area contributed by atoms with E-state index in [9.17, 15) is 29.1 Å². The third kappa shape index (κ3) is 9.16. The van der Waals surface area contributed by atoms with E-state index in [1.54, 1.807) is 18.2 Å². The van der Waals surface area contributed by atoms with Crippen molar-refractivity contribution in [1.82, 2.24) is 29.5 Å². The average molecular weight is 910 g/mol. The number of aromatic carboxylic acids is 1. The van der Waals surface area contributed by atoms with E-state index in [-0.39, 0.29) is 24.0 Å². The zero-order chi connectivity index (χ0) is 46.6. The zero-order valence-electron chi connectivity index (χ0n) is 37.8. The number of aromatic nitrogens is 3. The summed E-state index contributed by atoms with van der Waals surface area (Å²) in [5.41, 5.74) is 6.61. The van der Waals surface area contributed by atoms with Crippen LogP contribution < -0.4 is 15.4 Å². The molecule has 0 spiro atoms. The highest BCUT2D eigenvalue weighted by Gasteiger charge is 2.45. The second-order valence-corrected chi connectivity index (χ2v) is 17.2. The van der Waals surface area contributed by atoms with Gasteiger partial charge in [0.15, 0.2) is 0 Å². The van der Waals surface area contributed by atoms with Gasteiger partial charge in [0.05, 0.1) is 48.8 Å². The number of fused-ring (bicyclic) bond motifs is 3. The van der Waals surface area contributed by atoms with Gasteiger partial charge in [-0.25, -0.2) is 4.79 Å². The Bertz CT molecular complexity index is 2870. The Kier molecular flexibility index (Phi) is 13.5. The molecule has 3 aliphatic rings. The van der Waals surface area contributed by atoms with Gasteiger partial charge >= 0.3 is 5.97 Å². The molecule has 2 fully saturated rings. The van der Waals surface area contributed by atoms with Gasteiger partial charge in [-0.3, -0.25) is 39.0 Å². The molecule has 4 aromatic carbocycles. The minimum Gasteiger partial charge on any atom is -0.493 e. The predicted octanol–water partition coefficient (Wildman–Crippen LogP) is 6.24. The maximum Gasteiger partial charge on any atom is 0.352 e. The first-order chi connectivity index (χ1) is 32.6. The van der Waals surface area contributed by atoms with Crippen molar-refractivity contribution in [3.05, 3.63) is 113 Å². The van der Waals surface area contributed by atoms with Crippen LogP contribution in [-0.4, -0.2) is 124 Å². The van der Waals surface area contributed by atoms with Crippen molar-refractivity contribution in [2.75, 3.05) is 64.5 Å². The zero-order valence-corrected chi connectivity index (χ0v) is 37.8. The number of carbonyl (C=O) groups excluding carboxylic acids is 4. The first-order valence-electron chi connectivity index (χ1n) is 23.1. The quantitative estimate of drug-likeness (QED) is 0.0615. The van der Waals surface area contributed by atoms with Gasteiger partial charge in [0.1, 0.15) is 17.5 Å². The number of carboxylic acid groups (broad SMARTS) is 1. The number of benzene rings is 4. The lowest BCUT2D eigenvalue weighted by Gasteiger charge is -2.27. The fraction of sp³-hybridized carbons (Fsp3) is 0.373. The molecule has 2 aromatic heterocycles. The Morgan fingerprint density at radius 1 is 0.836 bits per heavy atom. The third-order valence-electron chi connectivity index (χ3n) is 13.1. The third-order valence-corrected chi connectivity index (χ3v) is 13.1. The lowest BCUT2D eigenvalue weighted by Crippen LogP contribution is -2.54. The maximum absolute atomic E-state index is 13.5. The van der Waals surface area contributed by atoms with E-state index in [4.69, 9.17) is 19.3 Å². The van der Waals surface area contributed by atoms with Gasteiger partial charge in [-0.15, -0.1) is 0 Å². The highest BCUT2D eigenvalue weighted by atomic mass is 16.5. The molecular formula is C51H55N7O9. The van der Waals surface area contributed by atoms with Crippen molar-refractivity contribution in [3.8, 4) is 16.9 Å². The van der Waals surface area contributed by atoms with Gasteiger partial charge in [0.2, 0.25) is 11.8 Å². The number of nitrogens with zero attached hydrogens (tertiary/aromatic N) is 5. The summed E-state index contributed by atoms with van der Waals surface area (Å²) >= 11 is 0. The smallest absolute Gasteiger partial charge is 0.352 e. The number of ether oxygens (including phenoxy) is 3. The van der Waals surface area contributed by atoms with Crippen LogP contribution in [0.3, 0.4) is 0 Å². The van der Waals surface area contributed by atoms with Gasteiger partial charge in [-0.1, -0.05) is 60.7 Å². The molecule has 67 heavy (non-hydrogen) atoms. The van der Waals surface area contributed by atoms with Crippen LogP contribution in [0.4, 0.5) is 5.69 Å². The highest BCUT2D eigenvalue weighted by Crippen LogP contribution is 2.39. The molecule has 4 amide bonds. The Hall–Kier alpha value is -6.88. The fourth-order valence-electron chi connectivity index (χ4n) is 9.86. The molecule has 6 aromatic rings. The number of carbonyl (C=O) groups is 5. The van der Waals surface area contributed by atoms with E-state index in [0.29, 0.717) is 89.9 Å². The van der Waals surface area contributed by atoms with Crippen LogP contribution in [0, 0.1) is 13.8 Å². The first kappa shape index (κ1) is 45.3. The number of para-hydroxylation sites is 1. The summed E-state index contributed by atoms with van der Waals surface area (Å²) in [6.45, 7) is 10.3. The number of nitrogens with one attached hydrogen (secondary N) is 2. The molecule has 3 aliphatic heterocycles. The van der Waals surface area contributed by atoms with Crippen LogP contribution in [0.2, 0.25) is 0 Å². The van der Waals surface area contributed by atoms with Crippen LogP contribution in [0.15, 0.2) is 78.9 Å². The molecule has 1 unspecified atom stereocenters. The van der Waals surface area contributed by atoms with Gasteiger partial charge in [0, 0.05) is 85.6 Å². The number of hydrogen-bond acceptors (Lipinski definition) is 11. The highest BCUT2D eigenvalue weighted by molar-refractivity contribution is 6.25. The topological polar surface area (TPSA) is 187 Å². The monoisotopic (exact) mass is 909 g/mol. The number of amides is 4. The average Bonchev–Trinajstić information content (AvgIpc) is 3.91. The maximum atomic E-state index is 13.5. The number of rotatable bonds is 19. The molecule has 2 saturated heterocycles. The van der Waals surface area contributed by atoms with Gasteiger partial charge < -0.3 is 29.2 Å².